The van der Waals surface area contributed by atoms with Crippen LogP contribution in [0.1, 0.15) is 27.0 Å². The van der Waals surface area contributed by atoms with Crippen molar-refractivity contribution in [3.05, 3.63) is 28.9 Å². The molecule has 2 aliphatic heterocycles. The standard InChI is InChI=1S/C17H19BrN2O5/c1-9(21)22-8-13-14-15(25-17(2,3)24-14)16(23-13)20-12-5-4-11(18)6-10(12)7-19-20/h4-7,13-16H,8H2,1-3H3/t13-,14-,15-,16-/m1/s1. The predicted molar refractivity (Wildman–Crippen MR) is 91.8 cm³/mol. The van der Waals surface area contributed by atoms with Crippen LogP contribution in [0.25, 0.3) is 10.9 Å². The summed E-state index contributed by atoms with van der Waals surface area (Å²) in [5.74, 6) is -1.08. The van der Waals surface area contributed by atoms with Crippen LogP contribution in [-0.4, -0.2) is 46.5 Å². The normalized spacial score (nSPS) is 30.6. The topological polar surface area (TPSA) is 71.8 Å². The number of hydrogen-bond acceptors (Lipinski definition) is 6. The lowest BCUT2D eigenvalue weighted by molar-refractivity contribution is -0.203. The number of esters is 1. The first-order valence-corrected chi connectivity index (χ1v) is 8.90. The van der Waals surface area contributed by atoms with E-state index in [1.807, 2.05) is 32.0 Å². The number of fused-ring (bicyclic) bond motifs is 2. The van der Waals surface area contributed by atoms with Gasteiger partial charge in [-0.3, -0.25) is 4.79 Å². The summed E-state index contributed by atoms with van der Waals surface area (Å²) in [5, 5.41) is 5.48. The Balaban J connectivity index is 1.67. The minimum absolute atomic E-state index is 0.122. The molecule has 0 N–H and O–H groups in total. The van der Waals surface area contributed by atoms with Crippen LogP contribution < -0.4 is 0 Å². The average molecular weight is 411 g/mol. The van der Waals surface area contributed by atoms with Crippen LogP contribution in [-0.2, 0) is 23.7 Å². The number of hydrogen-bond donors (Lipinski definition) is 0. The van der Waals surface area contributed by atoms with Crippen LogP contribution in [0.15, 0.2) is 28.9 Å². The van der Waals surface area contributed by atoms with E-state index < -0.39 is 18.1 Å². The van der Waals surface area contributed by atoms with Crippen LogP contribution in [0, 0.1) is 0 Å². The molecule has 3 heterocycles. The molecule has 1 aromatic carbocycles. The Kier molecular flexibility index (Phi) is 4.10. The number of aromatic nitrogens is 2. The smallest absolute Gasteiger partial charge is 0.302 e. The Hall–Kier alpha value is -1.48. The molecule has 2 aliphatic rings. The fourth-order valence-electron chi connectivity index (χ4n) is 3.42. The van der Waals surface area contributed by atoms with Crippen molar-refractivity contribution in [2.75, 3.05) is 6.61 Å². The Bertz CT molecular complexity index is 820. The minimum Gasteiger partial charge on any atom is -0.463 e. The van der Waals surface area contributed by atoms with Crippen molar-refractivity contribution in [1.82, 2.24) is 9.78 Å². The third-order valence-corrected chi connectivity index (χ3v) is 4.87. The van der Waals surface area contributed by atoms with Crippen molar-refractivity contribution >= 4 is 32.8 Å². The monoisotopic (exact) mass is 410 g/mol. The number of carbonyl (C=O) groups is 1. The molecular weight excluding hydrogens is 392 g/mol. The minimum atomic E-state index is -0.724. The lowest BCUT2D eigenvalue weighted by atomic mass is 10.1. The summed E-state index contributed by atoms with van der Waals surface area (Å²) in [6.45, 7) is 5.23. The van der Waals surface area contributed by atoms with E-state index in [1.165, 1.54) is 6.92 Å². The molecule has 134 valence electrons. The maximum atomic E-state index is 11.2. The summed E-state index contributed by atoms with van der Waals surface area (Å²) < 4.78 is 26.1. The summed E-state index contributed by atoms with van der Waals surface area (Å²) in [7, 11) is 0. The van der Waals surface area contributed by atoms with Crippen LogP contribution >= 0.6 is 15.9 Å². The molecule has 0 amide bonds. The fraction of sp³-hybridized carbons (Fsp3) is 0.529. The highest BCUT2D eigenvalue weighted by atomic mass is 79.9. The SMILES string of the molecule is CC(=O)OC[C@H]1O[C@@H](n2ncc3cc(Br)ccc32)[C@@H]2OC(C)(C)O[C@@H]21. The van der Waals surface area contributed by atoms with Crippen LogP contribution in [0.3, 0.4) is 0 Å². The molecule has 0 bridgehead atoms. The molecule has 1 aromatic heterocycles. The molecule has 0 spiro atoms. The van der Waals surface area contributed by atoms with Crippen LogP contribution in [0.4, 0.5) is 0 Å². The van der Waals surface area contributed by atoms with E-state index in [0.717, 1.165) is 15.4 Å². The lowest BCUT2D eigenvalue weighted by Crippen LogP contribution is -2.33. The summed E-state index contributed by atoms with van der Waals surface area (Å²) in [4.78, 5) is 11.2. The number of carbonyl (C=O) groups excluding carboxylic acids is 1. The predicted octanol–water partition coefficient (Wildman–Crippen LogP) is 2.78. The number of rotatable bonds is 3. The van der Waals surface area contributed by atoms with E-state index in [4.69, 9.17) is 18.9 Å². The van der Waals surface area contributed by atoms with Gasteiger partial charge in [-0.15, -0.1) is 0 Å². The Morgan fingerprint density at radius 3 is 2.88 bits per heavy atom. The van der Waals surface area contributed by atoms with Gasteiger partial charge >= 0.3 is 5.97 Å². The molecule has 2 aromatic rings. The van der Waals surface area contributed by atoms with E-state index >= 15 is 0 Å². The van der Waals surface area contributed by atoms with Crippen LogP contribution in [0.5, 0.6) is 0 Å². The second kappa shape index (κ2) is 6.05. The Labute approximate surface area is 153 Å². The van der Waals surface area contributed by atoms with Gasteiger partial charge in [0.05, 0.1) is 11.7 Å². The van der Waals surface area contributed by atoms with Crippen molar-refractivity contribution in [3.8, 4) is 0 Å². The maximum Gasteiger partial charge on any atom is 0.302 e. The highest BCUT2D eigenvalue weighted by Crippen LogP contribution is 2.43. The van der Waals surface area contributed by atoms with Crippen molar-refractivity contribution in [3.63, 3.8) is 0 Å². The summed E-state index contributed by atoms with van der Waals surface area (Å²) in [6, 6.07) is 5.93. The van der Waals surface area contributed by atoms with Gasteiger partial charge < -0.3 is 18.9 Å². The van der Waals surface area contributed by atoms with Gasteiger partial charge in [-0.2, -0.15) is 5.10 Å². The molecule has 4 atom stereocenters. The molecule has 25 heavy (non-hydrogen) atoms. The van der Waals surface area contributed by atoms with E-state index in [-0.39, 0.29) is 24.8 Å². The first kappa shape index (κ1) is 17.0. The van der Waals surface area contributed by atoms with Gasteiger partial charge in [-0.25, -0.2) is 4.68 Å². The molecule has 0 saturated carbocycles. The number of nitrogens with zero attached hydrogens (tertiary/aromatic N) is 2. The molecule has 0 radical (unpaired) electrons. The van der Waals surface area contributed by atoms with E-state index in [9.17, 15) is 4.79 Å². The zero-order valence-corrected chi connectivity index (χ0v) is 15.7. The maximum absolute atomic E-state index is 11.2. The summed E-state index contributed by atoms with van der Waals surface area (Å²) in [5.41, 5.74) is 0.938. The molecule has 0 unspecified atom stereocenters. The third kappa shape index (κ3) is 3.08. The highest BCUT2D eigenvalue weighted by molar-refractivity contribution is 9.10. The van der Waals surface area contributed by atoms with Gasteiger partial charge in [0.15, 0.2) is 12.0 Å². The Morgan fingerprint density at radius 1 is 1.36 bits per heavy atom. The van der Waals surface area contributed by atoms with Gasteiger partial charge in [-0.1, -0.05) is 15.9 Å². The molecule has 2 fully saturated rings. The molecule has 4 rings (SSSR count). The lowest BCUT2D eigenvalue weighted by Gasteiger charge is -2.24. The zero-order valence-electron chi connectivity index (χ0n) is 14.1. The van der Waals surface area contributed by atoms with Crippen LogP contribution in [0.2, 0.25) is 0 Å². The largest absolute Gasteiger partial charge is 0.463 e. The van der Waals surface area contributed by atoms with Gasteiger partial charge in [-0.05, 0) is 32.0 Å². The molecule has 2 saturated heterocycles. The van der Waals surface area contributed by atoms with E-state index in [1.54, 1.807) is 10.9 Å². The molecule has 8 heteroatoms. The van der Waals surface area contributed by atoms with Crippen molar-refractivity contribution < 1.29 is 23.7 Å². The molecule has 0 aliphatic carbocycles. The average Bonchev–Trinajstić information content (AvgIpc) is 3.15. The van der Waals surface area contributed by atoms with Gasteiger partial charge in [0.1, 0.15) is 24.9 Å². The Morgan fingerprint density at radius 2 is 2.12 bits per heavy atom. The summed E-state index contributed by atoms with van der Waals surface area (Å²) in [6.07, 6.45) is 0.274. The number of benzene rings is 1. The van der Waals surface area contributed by atoms with Crippen molar-refractivity contribution in [2.45, 2.75) is 51.1 Å². The number of ether oxygens (including phenoxy) is 4. The second-order valence-corrected chi connectivity index (χ2v) is 7.64. The zero-order chi connectivity index (χ0) is 17.8. The number of halogens is 1. The van der Waals surface area contributed by atoms with Gasteiger partial charge in [0.2, 0.25) is 0 Å². The first-order chi connectivity index (χ1) is 11.8. The third-order valence-electron chi connectivity index (χ3n) is 4.37. The molecular formula is C17H19BrN2O5. The first-order valence-electron chi connectivity index (χ1n) is 8.11. The highest BCUT2D eigenvalue weighted by Gasteiger charge is 2.56. The van der Waals surface area contributed by atoms with Gasteiger partial charge in [0, 0.05) is 16.8 Å². The van der Waals surface area contributed by atoms with E-state index in [2.05, 4.69) is 21.0 Å². The fourth-order valence-corrected chi connectivity index (χ4v) is 3.80. The summed E-state index contributed by atoms with van der Waals surface area (Å²) >= 11 is 3.47. The van der Waals surface area contributed by atoms with Crippen molar-refractivity contribution in [2.24, 2.45) is 0 Å². The van der Waals surface area contributed by atoms with Gasteiger partial charge in [0.25, 0.3) is 0 Å². The van der Waals surface area contributed by atoms with E-state index in [0.29, 0.717) is 0 Å². The quantitative estimate of drug-likeness (QED) is 0.724. The van der Waals surface area contributed by atoms with Crippen molar-refractivity contribution in [1.29, 1.82) is 0 Å². The second-order valence-electron chi connectivity index (χ2n) is 6.72. The molecule has 7 nitrogen and oxygen atoms in total.